The number of nitrogens with zero attached hydrogens (tertiary/aromatic N) is 3. The molecule has 1 amide bonds. The highest BCUT2D eigenvalue weighted by Gasteiger charge is 2.25. The van der Waals surface area contributed by atoms with Gasteiger partial charge in [-0.1, -0.05) is 30.3 Å². The van der Waals surface area contributed by atoms with Gasteiger partial charge in [-0.2, -0.15) is 0 Å². The number of nitrogens with one attached hydrogen (secondary N) is 1. The lowest BCUT2D eigenvalue weighted by Crippen LogP contribution is -2.29. The molecule has 3 aromatic rings. The molecule has 0 saturated carbocycles. The topological polar surface area (TPSA) is 58.1 Å². The second kappa shape index (κ2) is 6.64. The van der Waals surface area contributed by atoms with Crippen LogP contribution in [-0.2, 0) is 6.42 Å². The summed E-state index contributed by atoms with van der Waals surface area (Å²) in [5.74, 6) is 0.377. The van der Waals surface area contributed by atoms with Gasteiger partial charge in [0.15, 0.2) is 0 Å². The number of halogens is 1. The molecule has 0 bridgehead atoms. The van der Waals surface area contributed by atoms with Crippen LogP contribution in [0.4, 0.5) is 17.3 Å². The highest BCUT2D eigenvalue weighted by atomic mass is 79.9. The molecule has 1 aliphatic heterocycles. The zero-order valence-electron chi connectivity index (χ0n) is 13.3. The Bertz CT molecular complexity index is 927. The molecule has 2 aromatic carbocycles. The van der Waals surface area contributed by atoms with Crippen molar-refractivity contribution in [1.82, 2.24) is 9.97 Å². The fourth-order valence-electron chi connectivity index (χ4n) is 2.89. The number of hydrogen-bond acceptors (Lipinski definition) is 4. The maximum Gasteiger partial charge on any atom is 0.261 e. The van der Waals surface area contributed by atoms with Crippen LogP contribution in [0, 0.1) is 0 Å². The molecule has 6 heteroatoms. The van der Waals surface area contributed by atoms with Gasteiger partial charge >= 0.3 is 0 Å². The average Bonchev–Trinajstić information content (AvgIpc) is 3.08. The molecular formula is C19H15BrN4O. The van der Waals surface area contributed by atoms with E-state index in [4.69, 9.17) is 0 Å². The predicted octanol–water partition coefficient (Wildman–Crippen LogP) is 4.19. The number of aromatic nitrogens is 2. The minimum atomic E-state index is -0.0719. The lowest BCUT2D eigenvalue weighted by Gasteiger charge is -2.17. The van der Waals surface area contributed by atoms with Gasteiger partial charge in [-0.3, -0.25) is 4.79 Å². The maximum atomic E-state index is 12.8. The summed E-state index contributed by atoms with van der Waals surface area (Å²) < 4.78 is 0.924. The van der Waals surface area contributed by atoms with Crippen molar-refractivity contribution in [2.24, 2.45) is 0 Å². The van der Waals surface area contributed by atoms with E-state index in [0.717, 1.165) is 22.3 Å². The number of amides is 1. The largest absolute Gasteiger partial charge is 0.323 e. The number of fused-ring (bicyclic) bond motifs is 1. The Morgan fingerprint density at radius 2 is 1.76 bits per heavy atom. The normalized spacial score (nSPS) is 12.8. The average molecular weight is 395 g/mol. The first-order valence-electron chi connectivity index (χ1n) is 7.96. The first-order valence-corrected chi connectivity index (χ1v) is 8.75. The Kier molecular flexibility index (Phi) is 4.19. The van der Waals surface area contributed by atoms with Crippen molar-refractivity contribution in [3.63, 3.8) is 0 Å². The monoisotopic (exact) mass is 394 g/mol. The summed E-state index contributed by atoms with van der Waals surface area (Å²) in [7, 11) is 0. The van der Waals surface area contributed by atoms with Crippen LogP contribution in [0.5, 0.6) is 0 Å². The Morgan fingerprint density at radius 1 is 1.04 bits per heavy atom. The van der Waals surface area contributed by atoms with E-state index in [2.05, 4.69) is 37.3 Å². The van der Waals surface area contributed by atoms with Gasteiger partial charge in [-0.25, -0.2) is 9.97 Å². The van der Waals surface area contributed by atoms with E-state index in [1.165, 1.54) is 5.56 Å². The summed E-state index contributed by atoms with van der Waals surface area (Å²) in [4.78, 5) is 23.1. The first-order chi connectivity index (χ1) is 12.2. The van der Waals surface area contributed by atoms with Gasteiger partial charge in [-0.05, 0) is 46.1 Å². The van der Waals surface area contributed by atoms with Gasteiger partial charge in [0.25, 0.3) is 5.91 Å². The van der Waals surface area contributed by atoms with Crippen molar-refractivity contribution in [2.45, 2.75) is 6.42 Å². The van der Waals surface area contributed by atoms with Crippen LogP contribution in [-0.4, -0.2) is 22.4 Å². The van der Waals surface area contributed by atoms with E-state index in [1.807, 2.05) is 42.5 Å². The molecule has 0 radical (unpaired) electrons. The summed E-state index contributed by atoms with van der Waals surface area (Å²) >= 11 is 3.47. The number of anilines is 3. The third kappa shape index (κ3) is 3.13. The molecule has 0 saturated heterocycles. The molecule has 0 atom stereocenters. The highest BCUT2D eigenvalue weighted by molar-refractivity contribution is 9.10. The van der Waals surface area contributed by atoms with Gasteiger partial charge in [0.2, 0.25) is 5.95 Å². The van der Waals surface area contributed by atoms with Crippen molar-refractivity contribution in [1.29, 1.82) is 0 Å². The Balaban J connectivity index is 1.53. The van der Waals surface area contributed by atoms with Crippen LogP contribution in [0.2, 0.25) is 0 Å². The fourth-order valence-corrected chi connectivity index (χ4v) is 3.28. The van der Waals surface area contributed by atoms with Crippen LogP contribution >= 0.6 is 15.9 Å². The minimum absolute atomic E-state index is 0.0719. The number of para-hydroxylation sites is 2. The predicted molar refractivity (Wildman–Crippen MR) is 101 cm³/mol. The van der Waals surface area contributed by atoms with Crippen molar-refractivity contribution in [3.05, 3.63) is 76.5 Å². The van der Waals surface area contributed by atoms with Crippen LogP contribution in [0.1, 0.15) is 15.9 Å². The van der Waals surface area contributed by atoms with Crippen LogP contribution in [0.25, 0.3) is 0 Å². The molecule has 1 N–H and O–H groups in total. The van der Waals surface area contributed by atoms with E-state index in [9.17, 15) is 4.79 Å². The van der Waals surface area contributed by atoms with E-state index in [-0.39, 0.29) is 5.91 Å². The summed E-state index contributed by atoms with van der Waals surface area (Å²) in [6.07, 6.45) is 4.01. The van der Waals surface area contributed by atoms with Crippen LogP contribution in [0.3, 0.4) is 0 Å². The quantitative estimate of drug-likeness (QED) is 0.723. The molecule has 0 unspecified atom stereocenters. The Labute approximate surface area is 153 Å². The Hall–Kier alpha value is -2.73. The second-order valence-electron chi connectivity index (χ2n) is 5.74. The molecule has 4 rings (SSSR count). The first kappa shape index (κ1) is 15.8. The summed E-state index contributed by atoms with van der Waals surface area (Å²) in [5, 5.41) is 3.13. The third-order valence-corrected chi connectivity index (χ3v) is 4.84. The zero-order valence-corrected chi connectivity index (χ0v) is 14.9. The van der Waals surface area contributed by atoms with Gasteiger partial charge in [0.05, 0.1) is 11.3 Å². The lowest BCUT2D eigenvalue weighted by molar-refractivity contribution is 0.0988. The number of rotatable bonds is 3. The maximum absolute atomic E-state index is 12.8. The van der Waals surface area contributed by atoms with Gasteiger partial charge in [0.1, 0.15) is 0 Å². The number of benzene rings is 2. The standard InChI is InChI=1S/C19H15BrN4O/c20-15-6-2-3-7-16(15)23-19-21-11-14(12-22-19)18(25)24-10-9-13-5-1-4-8-17(13)24/h1-8,11-12H,9-10H2,(H,21,22,23). The summed E-state index contributed by atoms with van der Waals surface area (Å²) in [5.41, 5.74) is 3.52. The van der Waals surface area contributed by atoms with E-state index in [0.29, 0.717) is 18.1 Å². The number of carbonyl (C=O) groups is 1. The molecule has 0 spiro atoms. The lowest BCUT2D eigenvalue weighted by atomic mass is 10.2. The van der Waals surface area contributed by atoms with Crippen molar-refractivity contribution >= 4 is 39.2 Å². The van der Waals surface area contributed by atoms with Crippen LogP contribution in [0.15, 0.2) is 65.4 Å². The van der Waals surface area contributed by atoms with Crippen molar-refractivity contribution in [2.75, 3.05) is 16.8 Å². The molecular weight excluding hydrogens is 380 g/mol. The molecule has 0 aliphatic carbocycles. The van der Waals surface area contributed by atoms with E-state index < -0.39 is 0 Å². The van der Waals surface area contributed by atoms with E-state index in [1.54, 1.807) is 17.3 Å². The smallest absolute Gasteiger partial charge is 0.261 e. The molecule has 2 heterocycles. The molecule has 1 aromatic heterocycles. The summed E-state index contributed by atoms with van der Waals surface area (Å²) in [6, 6.07) is 15.7. The van der Waals surface area contributed by atoms with Gasteiger partial charge in [-0.15, -0.1) is 0 Å². The Morgan fingerprint density at radius 3 is 2.56 bits per heavy atom. The molecule has 124 valence electrons. The second-order valence-corrected chi connectivity index (χ2v) is 6.59. The van der Waals surface area contributed by atoms with Gasteiger partial charge in [0, 0.05) is 29.1 Å². The number of carbonyl (C=O) groups excluding carboxylic acids is 1. The third-order valence-electron chi connectivity index (χ3n) is 4.15. The van der Waals surface area contributed by atoms with Crippen molar-refractivity contribution < 1.29 is 4.79 Å². The van der Waals surface area contributed by atoms with Gasteiger partial charge < -0.3 is 10.2 Å². The van der Waals surface area contributed by atoms with Crippen LogP contribution < -0.4 is 10.2 Å². The molecule has 0 fully saturated rings. The van der Waals surface area contributed by atoms with E-state index >= 15 is 0 Å². The highest BCUT2D eigenvalue weighted by Crippen LogP contribution is 2.29. The summed E-state index contributed by atoms with van der Waals surface area (Å²) in [6.45, 7) is 0.690. The molecule has 1 aliphatic rings. The molecule has 5 nitrogen and oxygen atoms in total. The zero-order chi connectivity index (χ0) is 17.2. The van der Waals surface area contributed by atoms with Crippen molar-refractivity contribution in [3.8, 4) is 0 Å². The minimum Gasteiger partial charge on any atom is -0.323 e. The molecule has 25 heavy (non-hydrogen) atoms. The number of hydrogen-bond donors (Lipinski definition) is 1. The fraction of sp³-hybridized carbons (Fsp3) is 0.105. The SMILES string of the molecule is O=C(c1cnc(Nc2ccccc2Br)nc1)N1CCc2ccccc21.